The number of anilines is 1. The summed E-state index contributed by atoms with van der Waals surface area (Å²) in [6, 6.07) is 10.5. The molecule has 0 radical (unpaired) electrons. The molecule has 1 amide bonds. The Kier molecular flexibility index (Phi) is 4.44. The molecule has 0 spiro atoms. The molecule has 7 heteroatoms. The molecule has 5 rings (SSSR count). The summed E-state index contributed by atoms with van der Waals surface area (Å²) in [5, 5.41) is 3.91. The topological polar surface area (TPSA) is 103 Å². The number of aromatic nitrogens is 1. The second kappa shape index (κ2) is 7.00. The summed E-state index contributed by atoms with van der Waals surface area (Å²) < 4.78 is 5.98. The molecule has 0 unspecified atom stereocenters. The van der Waals surface area contributed by atoms with Gasteiger partial charge in [0.1, 0.15) is 22.1 Å². The van der Waals surface area contributed by atoms with Crippen molar-refractivity contribution in [2.75, 3.05) is 12.3 Å². The fourth-order valence-corrected chi connectivity index (χ4v) is 5.22. The lowest BCUT2D eigenvalue weighted by Crippen LogP contribution is -2.42. The van der Waals surface area contributed by atoms with Gasteiger partial charge >= 0.3 is 0 Å². The van der Waals surface area contributed by atoms with Crippen LogP contribution in [0.4, 0.5) is 5.69 Å². The first kappa shape index (κ1) is 18.4. The molecule has 0 bridgehead atoms. The Morgan fingerprint density at radius 3 is 2.90 bits per heavy atom. The van der Waals surface area contributed by atoms with E-state index in [9.17, 15) is 4.79 Å². The highest BCUT2D eigenvalue weighted by Crippen LogP contribution is 2.39. The molecule has 3 aromatic rings. The molecule has 1 atom stereocenters. The Balaban J connectivity index is 1.30. The number of carbonyl (C=O) groups excluding carboxylic acids is 1. The molecule has 29 heavy (non-hydrogen) atoms. The molecule has 3 heterocycles. The third-order valence-corrected chi connectivity index (χ3v) is 7.03. The normalized spacial score (nSPS) is 23.2. The molecular weight excluding hydrogens is 384 g/mol. The molecule has 1 fully saturated rings. The maximum atomic E-state index is 12.8. The SMILES string of the molecule is Cc1ccc2c(N)c(C(=O)N[C@H]3COc4cc([C@H]5C[C@@H](N)C5)ccc4C3)sc2n1. The zero-order chi connectivity index (χ0) is 20.1. The second-order valence-electron chi connectivity index (χ2n) is 8.13. The summed E-state index contributed by atoms with van der Waals surface area (Å²) in [5.74, 6) is 1.30. The lowest BCUT2D eigenvalue weighted by atomic mass is 9.76. The fraction of sp³-hybridized carbons (Fsp3) is 0.364. The number of hydrogen-bond acceptors (Lipinski definition) is 6. The smallest absolute Gasteiger partial charge is 0.263 e. The van der Waals surface area contributed by atoms with Crippen LogP contribution in [0.25, 0.3) is 10.2 Å². The van der Waals surface area contributed by atoms with Gasteiger partial charge in [0.25, 0.3) is 5.91 Å². The summed E-state index contributed by atoms with van der Waals surface area (Å²) in [5.41, 5.74) is 16.0. The van der Waals surface area contributed by atoms with E-state index >= 15 is 0 Å². The van der Waals surface area contributed by atoms with Gasteiger partial charge in [-0.15, -0.1) is 11.3 Å². The molecule has 6 nitrogen and oxygen atoms in total. The van der Waals surface area contributed by atoms with Crippen LogP contribution in [-0.2, 0) is 6.42 Å². The Bertz CT molecular complexity index is 1100. The van der Waals surface area contributed by atoms with Crippen molar-refractivity contribution in [1.82, 2.24) is 10.3 Å². The molecule has 150 valence electrons. The van der Waals surface area contributed by atoms with Crippen molar-refractivity contribution in [3.63, 3.8) is 0 Å². The number of pyridine rings is 1. The summed E-state index contributed by atoms with van der Waals surface area (Å²) in [7, 11) is 0. The van der Waals surface area contributed by atoms with Crippen LogP contribution in [0.2, 0.25) is 0 Å². The lowest BCUT2D eigenvalue weighted by molar-refractivity contribution is 0.0920. The number of amides is 1. The van der Waals surface area contributed by atoms with Crippen LogP contribution in [0, 0.1) is 6.92 Å². The van der Waals surface area contributed by atoms with E-state index in [1.165, 1.54) is 16.9 Å². The van der Waals surface area contributed by atoms with E-state index in [-0.39, 0.29) is 11.9 Å². The van der Waals surface area contributed by atoms with Crippen LogP contribution in [0.15, 0.2) is 30.3 Å². The maximum Gasteiger partial charge on any atom is 0.263 e. The highest BCUT2D eigenvalue weighted by molar-refractivity contribution is 7.21. The van der Waals surface area contributed by atoms with Crippen molar-refractivity contribution in [3.8, 4) is 5.75 Å². The lowest BCUT2D eigenvalue weighted by Gasteiger charge is -2.34. The first-order valence-electron chi connectivity index (χ1n) is 9.95. The fourth-order valence-electron chi connectivity index (χ4n) is 4.18. The standard InChI is InChI=1S/C22H24N4O2S/c1-11-2-5-17-19(24)20(29-22(17)25-11)21(27)26-16-8-13-4-3-12(9-18(13)28-10-16)14-6-15(23)7-14/h2-5,9,14-16H,6-8,10,23-24H2,1H3,(H,26,27)/t14-,15+,16-/m1/s1. The minimum atomic E-state index is -0.166. The highest BCUT2D eigenvalue weighted by atomic mass is 32.1. The van der Waals surface area contributed by atoms with Crippen molar-refractivity contribution in [2.24, 2.45) is 5.73 Å². The van der Waals surface area contributed by atoms with Gasteiger partial charge in [0, 0.05) is 17.1 Å². The van der Waals surface area contributed by atoms with Gasteiger partial charge in [0.15, 0.2) is 0 Å². The number of thiophene rings is 1. The monoisotopic (exact) mass is 408 g/mol. The maximum absolute atomic E-state index is 12.8. The predicted molar refractivity (Wildman–Crippen MR) is 116 cm³/mol. The molecule has 1 saturated carbocycles. The van der Waals surface area contributed by atoms with Gasteiger partial charge in [-0.1, -0.05) is 12.1 Å². The number of nitrogens with one attached hydrogen (secondary N) is 1. The molecule has 2 aromatic heterocycles. The van der Waals surface area contributed by atoms with Crippen molar-refractivity contribution in [1.29, 1.82) is 0 Å². The Morgan fingerprint density at radius 2 is 2.10 bits per heavy atom. The van der Waals surface area contributed by atoms with Gasteiger partial charge in [-0.25, -0.2) is 4.98 Å². The van der Waals surface area contributed by atoms with Crippen molar-refractivity contribution in [3.05, 3.63) is 52.0 Å². The zero-order valence-corrected chi connectivity index (χ0v) is 17.1. The Morgan fingerprint density at radius 1 is 1.28 bits per heavy atom. The summed E-state index contributed by atoms with van der Waals surface area (Å²) >= 11 is 1.34. The van der Waals surface area contributed by atoms with Crippen LogP contribution in [0.5, 0.6) is 5.75 Å². The number of benzene rings is 1. The third-order valence-electron chi connectivity index (χ3n) is 5.92. The number of nitrogens with two attached hydrogens (primary N) is 2. The van der Waals surface area contributed by atoms with Gasteiger partial charge < -0.3 is 21.5 Å². The highest BCUT2D eigenvalue weighted by Gasteiger charge is 2.29. The molecule has 2 aliphatic rings. The molecule has 1 aliphatic carbocycles. The van der Waals surface area contributed by atoms with E-state index in [1.807, 2.05) is 19.1 Å². The number of nitrogens with zero attached hydrogens (tertiary/aromatic N) is 1. The molecule has 1 aromatic carbocycles. The minimum absolute atomic E-state index is 0.0858. The van der Waals surface area contributed by atoms with Crippen LogP contribution in [0.1, 0.15) is 45.3 Å². The number of nitrogen functional groups attached to an aromatic ring is 1. The van der Waals surface area contributed by atoms with Crippen LogP contribution >= 0.6 is 11.3 Å². The Hall–Kier alpha value is -2.64. The number of fused-ring (bicyclic) bond motifs is 2. The van der Waals surface area contributed by atoms with Crippen molar-refractivity contribution < 1.29 is 9.53 Å². The van der Waals surface area contributed by atoms with Gasteiger partial charge in [-0.2, -0.15) is 0 Å². The zero-order valence-electron chi connectivity index (χ0n) is 16.3. The number of rotatable bonds is 3. The molecule has 1 aliphatic heterocycles. The van der Waals surface area contributed by atoms with E-state index in [4.69, 9.17) is 16.2 Å². The number of aryl methyl sites for hydroxylation is 1. The largest absolute Gasteiger partial charge is 0.491 e. The number of carbonyl (C=O) groups is 1. The van der Waals surface area contributed by atoms with Crippen LogP contribution in [-0.4, -0.2) is 29.6 Å². The van der Waals surface area contributed by atoms with E-state index < -0.39 is 0 Å². The van der Waals surface area contributed by atoms with Crippen molar-refractivity contribution >= 4 is 33.1 Å². The van der Waals surface area contributed by atoms with Gasteiger partial charge in [-0.3, -0.25) is 4.79 Å². The van der Waals surface area contributed by atoms with Gasteiger partial charge in [0.05, 0.1) is 11.7 Å². The second-order valence-corrected chi connectivity index (χ2v) is 9.13. The van der Waals surface area contributed by atoms with E-state index in [0.29, 0.717) is 29.1 Å². The summed E-state index contributed by atoms with van der Waals surface area (Å²) in [6.07, 6.45) is 2.83. The predicted octanol–water partition coefficient (Wildman–Crippen LogP) is 3.13. The van der Waals surface area contributed by atoms with E-state index in [0.717, 1.165) is 46.5 Å². The van der Waals surface area contributed by atoms with E-state index in [1.54, 1.807) is 0 Å². The van der Waals surface area contributed by atoms with Gasteiger partial charge in [0.2, 0.25) is 0 Å². The summed E-state index contributed by atoms with van der Waals surface area (Å²) in [6.45, 7) is 2.38. The van der Waals surface area contributed by atoms with Crippen molar-refractivity contribution in [2.45, 2.75) is 44.2 Å². The third kappa shape index (κ3) is 3.34. The minimum Gasteiger partial charge on any atom is -0.491 e. The molecule has 5 N–H and O–H groups in total. The average molecular weight is 409 g/mol. The number of hydrogen-bond donors (Lipinski definition) is 3. The summed E-state index contributed by atoms with van der Waals surface area (Å²) in [4.78, 5) is 18.6. The quantitative estimate of drug-likeness (QED) is 0.618. The van der Waals surface area contributed by atoms with E-state index in [2.05, 4.69) is 28.5 Å². The average Bonchev–Trinajstić information content (AvgIpc) is 3.01. The first-order chi connectivity index (χ1) is 14.0. The molecule has 0 saturated heterocycles. The molecular formula is C22H24N4O2S. The number of ether oxygens (including phenoxy) is 1. The Labute approximate surface area is 173 Å². The first-order valence-corrected chi connectivity index (χ1v) is 10.8. The van der Waals surface area contributed by atoms with Crippen LogP contribution in [0.3, 0.4) is 0 Å². The van der Waals surface area contributed by atoms with Gasteiger partial charge in [-0.05, 0) is 61.4 Å². The van der Waals surface area contributed by atoms with Crippen LogP contribution < -0.4 is 21.5 Å².